The number of hydrogen-bond acceptors (Lipinski definition) is 5. The van der Waals surface area contributed by atoms with E-state index in [1.165, 1.54) is 17.3 Å². The predicted octanol–water partition coefficient (Wildman–Crippen LogP) is 3.30. The van der Waals surface area contributed by atoms with Crippen LogP contribution in [0.2, 0.25) is 0 Å². The van der Waals surface area contributed by atoms with Crippen molar-refractivity contribution < 1.29 is 4.79 Å². The maximum absolute atomic E-state index is 12.6. The molecule has 0 bridgehead atoms. The molecule has 1 amide bonds. The number of piperazine rings is 1. The van der Waals surface area contributed by atoms with Gasteiger partial charge in [0.1, 0.15) is 4.32 Å². The Morgan fingerprint density at radius 2 is 1.88 bits per heavy atom. The topological polar surface area (TPSA) is 26.8 Å². The largest absolute Gasteiger partial charge is 0.374 e. The summed E-state index contributed by atoms with van der Waals surface area (Å²) in [6.07, 6.45) is 2.93. The summed E-state index contributed by atoms with van der Waals surface area (Å²) in [6.45, 7) is 9.04. The number of thioether (sulfide) groups is 1. The minimum atomic E-state index is 0.0658. The second-order valence-corrected chi connectivity index (χ2v) is 8.27. The van der Waals surface area contributed by atoms with E-state index in [-0.39, 0.29) is 11.9 Å². The second-order valence-electron chi connectivity index (χ2n) is 6.59. The summed E-state index contributed by atoms with van der Waals surface area (Å²) < 4.78 is 0.688. The maximum atomic E-state index is 12.6. The highest BCUT2D eigenvalue weighted by Crippen LogP contribution is 2.33. The van der Waals surface area contributed by atoms with Crippen LogP contribution in [-0.2, 0) is 11.3 Å². The SMILES string of the molecule is CC[C@@H](C)N1C(=O)/C(=C\N2CCN(Cc3ccccc3)CC2)SC1=S. The van der Waals surface area contributed by atoms with E-state index in [2.05, 4.69) is 54.0 Å². The number of carbonyl (C=O) groups excluding carboxylic acids is 1. The van der Waals surface area contributed by atoms with Gasteiger partial charge in [-0.1, -0.05) is 61.2 Å². The van der Waals surface area contributed by atoms with Crippen molar-refractivity contribution >= 4 is 34.2 Å². The normalized spacial score (nSPS) is 22.1. The van der Waals surface area contributed by atoms with E-state index in [0.717, 1.165) is 44.0 Å². The first-order valence-electron chi connectivity index (χ1n) is 8.86. The molecule has 2 aliphatic rings. The van der Waals surface area contributed by atoms with Gasteiger partial charge in [-0.05, 0) is 18.9 Å². The van der Waals surface area contributed by atoms with Gasteiger partial charge in [0.25, 0.3) is 5.91 Å². The molecule has 0 saturated carbocycles. The third-order valence-electron chi connectivity index (χ3n) is 4.81. The van der Waals surface area contributed by atoms with Gasteiger partial charge >= 0.3 is 0 Å². The van der Waals surface area contributed by atoms with Crippen molar-refractivity contribution in [3.63, 3.8) is 0 Å². The second kappa shape index (κ2) is 8.34. The number of nitrogens with zero attached hydrogens (tertiary/aromatic N) is 3. The lowest BCUT2D eigenvalue weighted by Gasteiger charge is -2.34. The molecular weight excluding hydrogens is 350 g/mol. The fourth-order valence-corrected chi connectivity index (χ4v) is 4.56. The van der Waals surface area contributed by atoms with Crippen LogP contribution in [0.4, 0.5) is 0 Å². The monoisotopic (exact) mass is 375 g/mol. The molecule has 1 aromatic rings. The molecule has 0 spiro atoms. The predicted molar refractivity (Wildman–Crippen MR) is 108 cm³/mol. The Morgan fingerprint density at radius 1 is 1.20 bits per heavy atom. The minimum Gasteiger partial charge on any atom is -0.374 e. The number of benzene rings is 1. The van der Waals surface area contributed by atoms with Crippen molar-refractivity contribution in [2.45, 2.75) is 32.9 Å². The fraction of sp³-hybridized carbons (Fsp3) is 0.474. The molecule has 2 aliphatic heterocycles. The number of amides is 1. The first-order valence-corrected chi connectivity index (χ1v) is 10.1. The van der Waals surface area contributed by atoms with Gasteiger partial charge in [0.2, 0.25) is 0 Å². The Bertz CT molecular complexity index is 654. The Morgan fingerprint density at radius 3 is 2.52 bits per heavy atom. The van der Waals surface area contributed by atoms with E-state index in [4.69, 9.17) is 12.2 Å². The Kier molecular flexibility index (Phi) is 6.15. The Hall–Kier alpha value is -1.37. The van der Waals surface area contributed by atoms with Crippen LogP contribution < -0.4 is 0 Å². The highest BCUT2D eigenvalue weighted by Gasteiger charge is 2.35. The molecule has 0 unspecified atom stereocenters. The summed E-state index contributed by atoms with van der Waals surface area (Å²) in [5.41, 5.74) is 1.35. The van der Waals surface area contributed by atoms with Crippen LogP contribution in [0.3, 0.4) is 0 Å². The summed E-state index contributed by atoms with van der Waals surface area (Å²) >= 11 is 6.83. The van der Waals surface area contributed by atoms with E-state index in [1.807, 2.05) is 6.20 Å². The summed E-state index contributed by atoms with van der Waals surface area (Å²) in [7, 11) is 0. The zero-order valence-corrected chi connectivity index (χ0v) is 16.5. The van der Waals surface area contributed by atoms with Crippen molar-refractivity contribution in [3.8, 4) is 0 Å². The molecule has 0 aliphatic carbocycles. The molecule has 0 radical (unpaired) electrons. The highest BCUT2D eigenvalue weighted by molar-refractivity contribution is 8.26. The van der Waals surface area contributed by atoms with Crippen molar-refractivity contribution in [2.75, 3.05) is 26.2 Å². The van der Waals surface area contributed by atoms with E-state index < -0.39 is 0 Å². The lowest BCUT2D eigenvalue weighted by Crippen LogP contribution is -2.43. The summed E-state index contributed by atoms with van der Waals surface area (Å²) in [5.74, 6) is 0.0658. The quantitative estimate of drug-likeness (QED) is 0.581. The van der Waals surface area contributed by atoms with Gasteiger partial charge < -0.3 is 4.90 Å². The molecule has 2 saturated heterocycles. The van der Waals surface area contributed by atoms with Gasteiger partial charge in [0.05, 0.1) is 4.91 Å². The average molecular weight is 376 g/mol. The van der Waals surface area contributed by atoms with Crippen molar-refractivity contribution in [3.05, 3.63) is 47.0 Å². The van der Waals surface area contributed by atoms with Crippen molar-refractivity contribution in [1.82, 2.24) is 14.7 Å². The van der Waals surface area contributed by atoms with Gasteiger partial charge in [-0.3, -0.25) is 14.6 Å². The van der Waals surface area contributed by atoms with E-state index >= 15 is 0 Å². The first kappa shape index (κ1) is 18.4. The highest BCUT2D eigenvalue weighted by atomic mass is 32.2. The van der Waals surface area contributed by atoms with Crippen LogP contribution in [0.5, 0.6) is 0 Å². The third kappa shape index (κ3) is 4.43. The van der Waals surface area contributed by atoms with Gasteiger partial charge in [0, 0.05) is 45.0 Å². The Labute approximate surface area is 159 Å². The standard InChI is InChI=1S/C19H25N3OS2/c1-3-15(2)22-18(23)17(25-19(22)24)14-21-11-9-20(10-12-21)13-16-7-5-4-6-8-16/h4-8,14-15H,3,9-13H2,1-2H3/b17-14+/t15-/m1/s1. The lowest BCUT2D eigenvalue weighted by molar-refractivity contribution is -0.123. The summed E-state index contributed by atoms with van der Waals surface area (Å²) in [4.78, 5) is 19.9. The molecule has 1 atom stereocenters. The van der Waals surface area contributed by atoms with Crippen molar-refractivity contribution in [2.24, 2.45) is 0 Å². The zero-order chi connectivity index (χ0) is 17.8. The number of carbonyl (C=O) groups is 1. The molecular formula is C19H25N3OS2. The van der Waals surface area contributed by atoms with Gasteiger partial charge in [0.15, 0.2) is 0 Å². The van der Waals surface area contributed by atoms with Crippen molar-refractivity contribution in [1.29, 1.82) is 0 Å². The average Bonchev–Trinajstić information content (AvgIpc) is 2.90. The molecule has 2 fully saturated rings. The Balaban J connectivity index is 1.56. The maximum Gasteiger partial charge on any atom is 0.267 e. The number of hydrogen-bond donors (Lipinski definition) is 0. The van der Waals surface area contributed by atoms with Crippen LogP contribution in [0.1, 0.15) is 25.8 Å². The van der Waals surface area contributed by atoms with Gasteiger partial charge in [-0.25, -0.2) is 0 Å². The minimum absolute atomic E-state index is 0.0658. The van der Waals surface area contributed by atoms with E-state index in [0.29, 0.717) is 4.32 Å². The third-order valence-corrected chi connectivity index (χ3v) is 6.13. The molecule has 6 heteroatoms. The molecule has 1 aromatic carbocycles. The van der Waals surface area contributed by atoms with Crippen LogP contribution in [0.15, 0.2) is 41.4 Å². The molecule has 0 N–H and O–H groups in total. The van der Waals surface area contributed by atoms with E-state index in [1.54, 1.807) is 4.90 Å². The molecule has 0 aromatic heterocycles. The molecule has 4 nitrogen and oxygen atoms in total. The van der Waals surface area contributed by atoms with Crippen LogP contribution in [0, 0.1) is 0 Å². The fourth-order valence-electron chi connectivity index (χ4n) is 3.09. The zero-order valence-electron chi connectivity index (χ0n) is 14.9. The molecule has 2 heterocycles. The summed E-state index contributed by atoms with van der Waals surface area (Å²) in [5, 5.41) is 0. The molecule has 25 heavy (non-hydrogen) atoms. The number of rotatable bonds is 5. The van der Waals surface area contributed by atoms with Crippen LogP contribution in [0.25, 0.3) is 0 Å². The van der Waals surface area contributed by atoms with Crippen LogP contribution >= 0.6 is 24.0 Å². The van der Waals surface area contributed by atoms with Gasteiger partial charge in [-0.15, -0.1) is 0 Å². The molecule has 3 rings (SSSR count). The lowest BCUT2D eigenvalue weighted by atomic mass is 10.2. The number of thiocarbonyl (C=S) groups is 1. The van der Waals surface area contributed by atoms with Gasteiger partial charge in [-0.2, -0.15) is 0 Å². The summed E-state index contributed by atoms with van der Waals surface area (Å²) in [6, 6.07) is 10.7. The smallest absolute Gasteiger partial charge is 0.267 e. The molecule has 134 valence electrons. The van der Waals surface area contributed by atoms with E-state index in [9.17, 15) is 4.79 Å². The first-order chi connectivity index (χ1) is 12.1. The van der Waals surface area contributed by atoms with Crippen LogP contribution in [-0.4, -0.2) is 57.1 Å².